The van der Waals surface area contributed by atoms with Crippen LogP contribution < -0.4 is 10.6 Å². The number of hydrogen-bond acceptors (Lipinski definition) is 2. The monoisotopic (exact) mass is 350 g/mol. The van der Waals surface area contributed by atoms with E-state index in [-0.39, 0.29) is 18.2 Å². The summed E-state index contributed by atoms with van der Waals surface area (Å²) in [5.41, 5.74) is 2.09. The van der Waals surface area contributed by atoms with E-state index in [4.69, 9.17) is 23.2 Å². The third-order valence-electron chi connectivity index (χ3n) is 3.12. The number of halogens is 2. The number of aryl methyl sites for hydroxylation is 1. The molecule has 0 aliphatic heterocycles. The first-order valence-electron chi connectivity index (χ1n) is 7.06. The number of carbonyl (C=O) groups excluding carboxylic acids is 2. The van der Waals surface area contributed by atoms with Crippen LogP contribution >= 0.6 is 23.2 Å². The van der Waals surface area contributed by atoms with Crippen molar-refractivity contribution in [3.05, 3.63) is 58.1 Å². The fourth-order valence-electron chi connectivity index (χ4n) is 2.09. The molecule has 0 unspecified atom stereocenters. The molecule has 4 nitrogen and oxygen atoms in total. The minimum atomic E-state index is -0.163. The van der Waals surface area contributed by atoms with Crippen LogP contribution in [0.15, 0.2) is 42.5 Å². The summed E-state index contributed by atoms with van der Waals surface area (Å²) >= 11 is 12.1. The summed E-state index contributed by atoms with van der Waals surface area (Å²) in [4.78, 5) is 23.1. The zero-order valence-corrected chi connectivity index (χ0v) is 14.0. The van der Waals surface area contributed by atoms with Gasteiger partial charge in [-0.15, -0.1) is 0 Å². The molecule has 0 heterocycles. The van der Waals surface area contributed by atoms with Gasteiger partial charge < -0.3 is 10.6 Å². The van der Waals surface area contributed by atoms with Crippen molar-refractivity contribution >= 4 is 46.4 Å². The van der Waals surface area contributed by atoms with E-state index in [1.165, 1.54) is 6.92 Å². The van der Waals surface area contributed by atoms with Gasteiger partial charge in [0.1, 0.15) is 0 Å². The van der Waals surface area contributed by atoms with Crippen LogP contribution in [0.1, 0.15) is 18.9 Å². The molecule has 2 amide bonds. The largest absolute Gasteiger partial charge is 0.326 e. The summed E-state index contributed by atoms with van der Waals surface area (Å²) in [5, 5.41) is 6.42. The van der Waals surface area contributed by atoms with Gasteiger partial charge in [-0.05, 0) is 36.2 Å². The summed E-state index contributed by atoms with van der Waals surface area (Å²) < 4.78 is 0. The molecule has 2 aromatic rings. The Morgan fingerprint density at radius 1 is 1.00 bits per heavy atom. The highest BCUT2D eigenvalue weighted by Gasteiger charge is 2.08. The van der Waals surface area contributed by atoms with Crippen molar-refractivity contribution in [1.82, 2.24) is 0 Å². The van der Waals surface area contributed by atoms with E-state index >= 15 is 0 Å². The Labute approximate surface area is 144 Å². The maximum atomic E-state index is 12.0. The minimum absolute atomic E-state index is 0.138. The molecule has 120 valence electrons. The molecular weight excluding hydrogens is 335 g/mol. The summed E-state index contributed by atoms with van der Waals surface area (Å²) in [5.74, 6) is -0.301. The van der Waals surface area contributed by atoms with Crippen molar-refractivity contribution in [1.29, 1.82) is 0 Å². The topological polar surface area (TPSA) is 58.2 Å². The molecule has 0 bridgehead atoms. The Balaban J connectivity index is 1.94. The lowest BCUT2D eigenvalue weighted by Crippen LogP contribution is -2.13. The maximum Gasteiger partial charge on any atom is 0.224 e. The molecule has 0 spiro atoms. The summed E-state index contributed by atoms with van der Waals surface area (Å²) in [6.45, 7) is 1.43. The molecule has 0 saturated carbocycles. The second kappa shape index (κ2) is 7.99. The molecule has 6 heteroatoms. The van der Waals surface area contributed by atoms with Gasteiger partial charge in [0.15, 0.2) is 0 Å². The molecule has 0 fully saturated rings. The Bertz CT molecular complexity index is 732. The highest BCUT2D eigenvalue weighted by Crippen LogP contribution is 2.26. The predicted molar refractivity (Wildman–Crippen MR) is 94.2 cm³/mol. The molecule has 0 atom stereocenters. The van der Waals surface area contributed by atoms with E-state index in [0.29, 0.717) is 27.8 Å². The second-order valence-electron chi connectivity index (χ2n) is 5.02. The van der Waals surface area contributed by atoms with Gasteiger partial charge in [-0.3, -0.25) is 9.59 Å². The third kappa shape index (κ3) is 5.27. The van der Waals surface area contributed by atoms with Crippen LogP contribution in [-0.4, -0.2) is 11.8 Å². The fourth-order valence-corrected chi connectivity index (χ4v) is 2.51. The molecule has 0 radical (unpaired) electrons. The van der Waals surface area contributed by atoms with Crippen LogP contribution in [0.3, 0.4) is 0 Å². The molecule has 2 rings (SSSR count). The van der Waals surface area contributed by atoms with E-state index in [1.54, 1.807) is 36.4 Å². The Kier molecular flexibility index (Phi) is 6.02. The Morgan fingerprint density at radius 2 is 1.65 bits per heavy atom. The lowest BCUT2D eigenvalue weighted by Gasteiger charge is -2.09. The number of hydrogen-bond donors (Lipinski definition) is 2. The molecule has 2 aromatic carbocycles. The summed E-state index contributed by atoms with van der Waals surface area (Å²) in [6, 6.07) is 12.3. The number of anilines is 2. The van der Waals surface area contributed by atoms with Gasteiger partial charge in [0, 0.05) is 24.7 Å². The summed E-state index contributed by atoms with van der Waals surface area (Å²) in [7, 11) is 0. The van der Waals surface area contributed by atoms with E-state index in [0.717, 1.165) is 5.56 Å². The van der Waals surface area contributed by atoms with Gasteiger partial charge in [-0.2, -0.15) is 0 Å². The van der Waals surface area contributed by atoms with Crippen LogP contribution in [0.2, 0.25) is 10.0 Å². The van der Waals surface area contributed by atoms with Crippen LogP contribution in [0.4, 0.5) is 11.4 Å². The van der Waals surface area contributed by atoms with E-state index < -0.39 is 0 Å². The van der Waals surface area contributed by atoms with Crippen LogP contribution in [0, 0.1) is 0 Å². The number of rotatable bonds is 5. The number of carbonyl (C=O) groups is 2. The van der Waals surface area contributed by atoms with Crippen LogP contribution in [0.25, 0.3) is 0 Å². The van der Waals surface area contributed by atoms with Gasteiger partial charge in [0.25, 0.3) is 0 Å². The fraction of sp³-hybridized carbons (Fsp3) is 0.176. The first-order chi connectivity index (χ1) is 11.0. The smallest absolute Gasteiger partial charge is 0.224 e. The van der Waals surface area contributed by atoms with E-state index in [9.17, 15) is 9.59 Å². The Morgan fingerprint density at radius 3 is 2.35 bits per heavy atom. The standard InChI is InChI=1S/C17H16Cl2N2O2/c1-11(22)20-13-5-3-6-14(10-13)21-16(23)9-8-12-4-2-7-15(18)17(12)19/h2-7,10H,8-9H2,1H3,(H,20,22)(H,21,23). The SMILES string of the molecule is CC(=O)Nc1cccc(NC(=O)CCc2cccc(Cl)c2Cl)c1. The highest BCUT2D eigenvalue weighted by atomic mass is 35.5. The van der Waals surface area contributed by atoms with E-state index in [1.807, 2.05) is 6.07 Å². The normalized spacial score (nSPS) is 10.2. The van der Waals surface area contributed by atoms with Crippen molar-refractivity contribution in [3.63, 3.8) is 0 Å². The van der Waals surface area contributed by atoms with Crippen molar-refractivity contribution < 1.29 is 9.59 Å². The first-order valence-corrected chi connectivity index (χ1v) is 7.81. The van der Waals surface area contributed by atoms with Crippen molar-refractivity contribution in [2.45, 2.75) is 19.8 Å². The number of benzene rings is 2. The van der Waals surface area contributed by atoms with Crippen molar-refractivity contribution in [2.75, 3.05) is 10.6 Å². The lowest BCUT2D eigenvalue weighted by molar-refractivity contribution is -0.116. The van der Waals surface area contributed by atoms with Gasteiger partial charge in [-0.1, -0.05) is 41.4 Å². The van der Waals surface area contributed by atoms with Crippen LogP contribution in [-0.2, 0) is 16.0 Å². The van der Waals surface area contributed by atoms with Gasteiger partial charge >= 0.3 is 0 Å². The second-order valence-corrected chi connectivity index (χ2v) is 5.81. The van der Waals surface area contributed by atoms with Gasteiger partial charge in [-0.25, -0.2) is 0 Å². The average molecular weight is 351 g/mol. The average Bonchev–Trinajstić information content (AvgIpc) is 2.48. The van der Waals surface area contributed by atoms with Gasteiger partial charge in [0.2, 0.25) is 11.8 Å². The third-order valence-corrected chi connectivity index (χ3v) is 3.98. The molecule has 23 heavy (non-hydrogen) atoms. The van der Waals surface area contributed by atoms with Crippen molar-refractivity contribution in [3.8, 4) is 0 Å². The van der Waals surface area contributed by atoms with Crippen molar-refractivity contribution in [2.24, 2.45) is 0 Å². The lowest BCUT2D eigenvalue weighted by atomic mass is 10.1. The highest BCUT2D eigenvalue weighted by molar-refractivity contribution is 6.42. The molecular formula is C17H16Cl2N2O2. The summed E-state index contributed by atoms with van der Waals surface area (Å²) in [6.07, 6.45) is 0.779. The first kappa shape index (κ1) is 17.3. The quantitative estimate of drug-likeness (QED) is 0.832. The molecule has 0 aliphatic carbocycles. The zero-order chi connectivity index (χ0) is 16.8. The van der Waals surface area contributed by atoms with Crippen LogP contribution in [0.5, 0.6) is 0 Å². The van der Waals surface area contributed by atoms with Gasteiger partial charge in [0.05, 0.1) is 10.0 Å². The molecule has 0 saturated heterocycles. The molecule has 2 N–H and O–H groups in total. The Hall–Kier alpha value is -2.04. The maximum absolute atomic E-state index is 12.0. The molecule has 0 aromatic heterocycles. The predicted octanol–water partition coefficient (Wildman–Crippen LogP) is 4.52. The van der Waals surface area contributed by atoms with E-state index in [2.05, 4.69) is 10.6 Å². The zero-order valence-electron chi connectivity index (χ0n) is 12.5. The number of nitrogens with one attached hydrogen (secondary N) is 2. The molecule has 0 aliphatic rings. The minimum Gasteiger partial charge on any atom is -0.326 e. The number of amides is 2.